The summed E-state index contributed by atoms with van der Waals surface area (Å²) in [6, 6.07) is -0.844. The Labute approximate surface area is 82.4 Å². The normalized spacial score (nSPS) is 12.1. The van der Waals surface area contributed by atoms with Gasteiger partial charge in [-0.3, -0.25) is 9.59 Å². The maximum atomic E-state index is 11.1. The van der Waals surface area contributed by atoms with Gasteiger partial charge in [0.15, 0.2) is 0 Å². The van der Waals surface area contributed by atoms with Crippen LogP contribution in [0, 0.1) is 0 Å². The van der Waals surface area contributed by atoms with E-state index in [1.54, 1.807) is 7.05 Å². The van der Waals surface area contributed by atoms with Crippen molar-refractivity contribution < 1.29 is 19.4 Å². The van der Waals surface area contributed by atoms with E-state index in [-0.39, 0.29) is 19.4 Å². The third-order valence-electron chi connectivity index (χ3n) is 1.57. The number of aliphatic carboxylic acids is 1. The number of nitrogens with two attached hydrogens (primary N) is 1. The van der Waals surface area contributed by atoms with Gasteiger partial charge in [-0.25, -0.2) is 0 Å². The molecule has 6 heteroatoms. The molecule has 0 aliphatic rings. The van der Waals surface area contributed by atoms with E-state index in [9.17, 15) is 9.59 Å². The van der Waals surface area contributed by atoms with Crippen LogP contribution in [0.1, 0.15) is 12.8 Å². The minimum Gasteiger partial charge on any atom is -0.481 e. The van der Waals surface area contributed by atoms with Crippen LogP contribution >= 0.6 is 0 Å². The van der Waals surface area contributed by atoms with Crippen molar-refractivity contribution in [3.8, 4) is 0 Å². The van der Waals surface area contributed by atoms with Gasteiger partial charge in [-0.2, -0.15) is 0 Å². The molecule has 0 amide bonds. The molecule has 0 aromatic heterocycles. The average molecular weight is 204 g/mol. The van der Waals surface area contributed by atoms with Crippen molar-refractivity contribution in [2.45, 2.75) is 18.9 Å². The van der Waals surface area contributed by atoms with E-state index in [2.05, 4.69) is 5.32 Å². The van der Waals surface area contributed by atoms with E-state index < -0.39 is 18.0 Å². The van der Waals surface area contributed by atoms with Crippen LogP contribution in [0.15, 0.2) is 0 Å². The predicted octanol–water partition coefficient (Wildman–Crippen LogP) is -1.06. The molecule has 0 radical (unpaired) electrons. The first-order valence-electron chi connectivity index (χ1n) is 4.36. The lowest BCUT2D eigenvalue weighted by molar-refractivity contribution is -0.145. The molecule has 6 nitrogen and oxygen atoms in total. The zero-order valence-corrected chi connectivity index (χ0v) is 8.16. The monoisotopic (exact) mass is 204 g/mol. The Kier molecular flexibility index (Phi) is 6.69. The summed E-state index contributed by atoms with van der Waals surface area (Å²) in [5.74, 6) is -1.52. The van der Waals surface area contributed by atoms with E-state index in [1.807, 2.05) is 0 Å². The Morgan fingerprint density at radius 1 is 1.57 bits per heavy atom. The first kappa shape index (κ1) is 12.9. The number of carboxylic acids is 1. The van der Waals surface area contributed by atoms with Crippen LogP contribution in [0.2, 0.25) is 0 Å². The van der Waals surface area contributed by atoms with Crippen molar-refractivity contribution in [2.75, 3.05) is 20.2 Å². The van der Waals surface area contributed by atoms with E-state index in [0.29, 0.717) is 6.54 Å². The van der Waals surface area contributed by atoms with Crippen LogP contribution < -0.4 is 11.1 Å². The molecule has 0 rings (SSSR count). The zero-order valence-electron chi connectivity index (χ0n) is 8.16. The number of carbonyl (C=O) groups is 2. The molecule has 0 aliphatic heterocycles. The standard InChI is InChI=1S/C8H16N2O4/c1-10-4-5-14-8(13)6(9)2-3-7(11)12/h6,10H,2-5,9H2,1H3,(H,11,12). The minimum absolute atomic E-state index is 0.105. The molecule has 0 spiro atoms. The third-order valence-corrected chi connectivity index (χ3v) is 1.57. The van der Waals surface area contributed by atoms with E-state index in [4.69, 9.17) is 15.6 Å². The van der Waals surface area contributed by atoms with Crippen LogP contribution in [0.4, 0.5) is 0 Å². The minimum atomic E-state index is -0.969. The van der Waals surface area contributed by atoms with Crippen LogP contribution in [-0.2, 0) is 14.3 Å². The van der Waals surface area contributed by atoms with Gasteiger partial charge in [-0.1, -0.05) is 0 Å². The first-order valence-corrected chi connectivity index (χ1v) is 4.36. The molecule has 82 valence electrons. The largest absolute Gasteiger partial charge is 0.481 e. The summed E-state index contributed by atoms with van der Waals surface area (Å²) >= 11 is 0. The summed E-state index contributed by atoms with van der Waals surface area (Å²) in [6.07, 6.45) is -0.0178. The number of esters is 1. The topological polar surface area (TPSA) is 102 Å². The summed E-state index contributed by atoms with van der Waals surface area (Å²) in [6.45, 7) is 0.799. The van der Waals surface area contributed by atoms with Crippen molar-refractivity contribution in [1.29, 1.82) is 0 Å². The van der Waals surface area contributed by atoms with Crippen molar-refractivity contribution in [1.82, 2.24) is 5.32 Å². The summed E-state index contributed by atoms with van der Waals surface area (Å²) in [7, 11) is 1.73. The molecule has 0 aromatic carbocycles. The van der Waals surface area contributed by atoms with Gasteiger partial charge in [-0.05, 0) is 13.5 Å². The molecule has 0 saturated heterocycles. The van der Waals surface area contributed by atoms with Crippen molar-refractivity contribution in [3.63, 3.8) is 0 Å². The fourth-order valence-electron chi connectivity index (χ4n) is 0.758. The fourth-order valence-corrected chi connectivity index (χ4v) is 0.758. The van der Waals surface area contributed by atoms with Crippen molar-refractivity contribution in [3.05, 3.63) is 0 Å². The Balaban J connectivity index is 3.59. The molecule has 4 N–H and O–H groups in total. The van der Waals surface area contributed by atoms with Gasteiger partial charge in [0.25, 0.3) is 0 Å². The number of carboxylic acid groups (broad SMARTS) is 1. The maximum absolute atomic E-state index is 11.1. The quantitative estimate of drug-likeness (QED) is 0.361. The number of likely N-dealkylation sites (N-methyl/N-ethyl adjacent to an activating group) is 1. The van der Waals surface area contributed by atoms with Gasteiger partial charge < -0.3 is 20.9 Å². The lowest BCUT2D eigenvalue weighted by atomic mass is 10.2. The Bertz CT molecular complexity index is 196. The zero-order chi connectivity index (χ0) is 11.0. The second-order valence-corrected chi connectivity index (χ2v) is 2.81. The lowest BCUT2D eigenvalue weighted by Crippen LogP contribution is -2.34. The number of ether oxygens (including phenoxy) is 1. The number of carbonyl (C=O) groups excluding carboxylic acids is 1. The van der Waals surface area contributed by atoms with Crippen LogP contribution in [0.3, 0.4) is 0 Å². The first-order chi connectivity index (χ1) is 6.57. The molecule has 0 bridgehead atoms. The highest BCUT2D eigenvalue weighted by Gasteiger charge is 2.15. The fraction of sp³-hybridized carbons (Fsp3) is 0.750. The SMILES string of the molecule is CNCCOC(=O)C(N)CCC(=O)O. The molecule has 0 aliphatic carbocycles. The van der Waals surface area contributed by atoms with Gasteiger partial charge in [0.05, 0.1) is 0 Å². The Morgan fingerprint density at radius 2 is 2.21 bits per heavy atom. The molecule has 0 aromatic rings. The average Bonchev–Trinajstić information content (AvgIpc) is 2.14. The number of hydrogen-bond acceptors (Lipinski definition) is 5. The molecule has 0 heterocycles. The third kappa shape index (κ3) is 6.38. The van der Waals surface area contributed by atoms with Crippen LogP contribution in [-0.4, -0.2) is 43.3 Å². The molecule has 0 fully saturated rings. The lowest BCUT2D eigenvalue weighted by Gasteiger charge is -2.09. The van der Waals surface area contributed by atoms with E-state index in [1.165, 1.54) is 0 Å². The molecular formula is C8H16N2O4. The Hall–Kier alpha value is -1.14. The van der Waals surface area contributed by atoms with Gasteiger partial charge in [0, 0.05) is 13.0 Å². The molecule has 0 saturated carbocycles. The molecule has 1 atom stereocenters. The van der Waals surface area contributed by atoms with Crippen LogP contribution in [0.5, 0.6) is 0 Å². The number of rotatable bonds is 7. The summed E-state index contributed by atoms with van der Waals surface area (Å²) in [5, 5.41) is 11.1. The van der Waals surface area contributed by atoms with Gasteiger partial charge in [-0.15, -0.1) is 0 Å². The molecular weight excluding hydrogens is 188 g/mol. The second-order valence-electron chi connectivity index (χ2n) is 2.81. The van der Waals surface area contributed by atoms with Crippen molar-refractivity contribution >= 4 is 11.9 Å². The summed E-state index contributed by atoms with van der Waals surface area (Å²) < 4.78 is 4.76. The predicted molar refractivity (Wildman–Crippen MR) is 49.7 cm³/mol. The summed E-state index contributed by atoms with van der Waals surface area (Å²) in [4.78, 5) is 21.2. The number of nitrogens with one attached hydrogen (secondary N) is 1. The van der Waals surface area contributed by atoms with E-state index >= 15 is 0 Å². The van der Waals surface area contributed by atoms with Crippen molar-refractivity contribution in [2.24, 2.45) is 5.73 Å². The highest BCUT2D eigenvalue weighted by Crippen LogP contribution is 1.96. The highest BCUT2D eigenvalue weighted by molar-refractivity contribution is 5.76. The highest BCUT2D eigenvalue weighted by atomic mass is 16.5. The molecule has 14 heavy (non-hydrogen) atoms. The summed E-state index contributed by atoms with van der Waals surface area (Å²) in [5.41, 5.74) is 5.39. The maximum Gasteiger partial charge on any atom is 0.322 e. The molecule has 1 unspecified atom stereocenters. The number of hydrogen-bond donors (Lipinski definition) is 3. The van der Waals surface area contributed by atoms with Crippen LogP contribution in [0.25, 0.3) is 0 Å². The Morgan fingerprint density at radius 3 is 2.71 bits per heavy atom. The van der Waals surface area contributed by atoms with Gasteiger partial charge in [0.1, 0.15) is 12.6 Å². The van der Waals surface area contributed by atoms with Gasteiger partial charge >= 0.3 is 11.9 Å². The van der Waals surface area contributed by atoms with Gasteiger partial charge in [0.2, 0.25) is 0 Å². The second kappa shape index (κ2) is 7.28. The van der Waals surface area contributed by atoms with E-state index in [0.717, 1.165) is 0 Å². The smallest absolute Gasteiger partial charge is 0.322 e.